The molecule has 0 aliphatic heterocycles. The average Bonchev–Trinajstić information content (AvgIpc) is 2.64. The van der Waals surface area contributed by atoms with E-state index < -0.39 is 4.92 Å². The van der Waals surface area contributed by atoms with Gasteiger partial charge in [-0.3, -0.25) is 10.1 Å². The van der Waals surface area contributed by atoms with Crippen LogP contribution in [0.15, 0.2) is 28.8 Å². The smallest absolute Gasteiger partial charge is 0.320 e. The Labute approximate surface area is 100 Å². The van der Waals surface area contributed by atoms with Gasteiger partial charge in [0.2, 0.25) is 5.95 Å². The minimum Gasteiger partial charge on any atom is -0.368 e. The van der Waals surface area contributed by atoms with E-state index in [1.54, 1.807) is 24.0 Å². The zero-order chi connectivity index (χ0) is 12.4. The van der Waals surface area contributed by atoms with E-state index in [0.29, 0.717) is 5.16 Å². The molecule has 17 heavy (non-hydrogen) atoms. The summed E-state index contributed by atoms with van der Waals surface area (Å²) in [5, 5.41) is 11.6. The fourth-order valence-corrected chi connectivity index (χ4v) is 1.97. The van der Waals surface area contributed by atoms with Crippen LogP contribution in [0.5, 0.6) is 0 Å². The topological polar surface area (TPSA) is 113 Å². The highest BCUT2D eigenvalue weighted by molar-refractivity contribution is 7.99. The Hall–Kier alpha value is -2.16. The summed E-state index contributed by atoms with van der Waals surface area (Å²) >= 11 is 1.07. The molecule has 0 spiro atoms. The molecule has 2 rings (SSSR count). The molecule has 0 unspecified atom stereocenters. The van der Waals surface area contributed by atoms with Crippen LogP contribution in [0.2, 0.25) is 0 Å². The van der Waals surface area contributed by atoms with Crippen LogP contribution in [0, 0.1) is 10.1 Å². The van der Waals surface area contributed by atoms with Gasteiger partial charge >= 0.3 is 5.69 Å². The van der Waals surface area contributed by atoms with Crippen LogP contribution in [-0.2, 0) is 7.05 Å². The molecule has 0 radical (unpaired) electrons. The monoisotopic (exact) mass is 252 g/mol. The normalized spacial score (nSPS) is 10.4. The van der Waals surface area contributed by atoms with Crippen molar-refractivity contribution >= 4 is 23.4 Å². The average molecular weight is 252 g/mol. The minimum absolute atomic E-state index is 0.00712. The third kappa shape index (κ3) is 2.33. The maximum Gasteiger partial charge on any atom is 0.320 e. The summed E-state index contributed by atoms with van der Waals surface area (Å²) in [6.07, 6.45) is 4.42. The molecule has 2 heterocycles. The Bertz CT molecular complexity index is 569. The largest absolute Gasteiger partial charge is 0.368 e. The van der Waals surface area contributed by atoms with E-state index in [1.165, 1.54) is 0 Å². The predicted molar refractivity (Wildman–Crippen MR) is 60.4 cm³/mol. The lowest BCUT2D eigenvalue weighted by molar-refractivity contribution is -0.388. The van der Waals surface area contributed by atoms with Crippen molar-refractivity contribution in [2.24, 2.45) is 7.05 Å². The van der Waals surface area contributed by atoms with Crippen molar-refractivity contribution in [1.82, 2.24) is 19.5 Å². The van der Waals surface area contributed by atoms with Crippen molar-refractivity contribution in [2.75, 3.05) is 5.73 Å². The molecule has 0 saturated carbocycles. The molecular weight excluding hydrogens is 244 g/mol. The number of nitrogens with zero attached hydrogens (tertiary/aromatic N) is 5. The van der Waals surface area contributed by atoms with Crippen LogP contribution in [0.4, 0.5) is 11.6 Å². The molecule has 9 heteroatoms. The van der Waals surface area contributed by atoms with Gasteiger partial charge in [0.1, 0.15) is 6.20 Å². The van der Waals surface area contributed by atoms with Crippen LogP contribution in [0.3, 0.4) is 0 Å². The molecular formula is C8H8N6O2S. The second kappa shape index (κ2) is 4.37. The number of nitrogen functional groups attached to an aromatic ring is 1. The molecule has 8 nitrogen and oxygen atoms in total. The molecule has 0 aliphatic carbocycles. The summed E-state index contributed by atoms with van der Waals surface area (Å²) in [5.41, 5.74) is 5.22. The highest BCUT2D eigenvalue weighted by Gasteiger charge is 2.19. The predicted octanol–water partition coefficient (Wildman–Crippen LogP) is 0.852. The van der Waals surface area contributed by atoms with E-state index in [2.05, 4.69) is 15.0 Å². The fraction of sp³-hybridized carbons (Fsp3) is 0.125. The summed E-state index contributed by atoms with van der Waals surface area (Å²) < 4.78 is 1.73. The fourth-order valence-electron chi connectivity index (χ4n) is 1.11. The lowest BCUT2D eigenvalue weighted by Crippen LogP contribution is -2.01. The Kier molecular flexibility index (Phi) is 2.91. The number of rotatable bonds is 3. The van der Waals surface area contributed by atoms with Crippen LogP contribution >= 0.6 is 11.8 Å². The maximum atomic E-state index is 10.8. The molecule has 0 aliphatic rings. The molecule has 0 aromatic carbocycles. The lowest BCUT2D eigenvalue weighted by Gasteiger charge is -2.02. The first-order valence-electron chi connectivity index (χ1n) is 4.50. The van der Waals surface area contributed by atoms with Crippen molar-refractivity contribution in [2.45, 2.75) is 10.2 Å². The molecule has 0 saturated heterocycles. The number of imidazole rings is 1. The minimum atomic E-state index is -0.551. The van der Waals surface area contributed by atoms with Crippen molar-refractivity contribution in [3.63, 3.8) is 0 Å². The second-order valence-electron chi connectivity index (χ2n) is 3.10. The van der Waals surface area contributed by atoms with Gasteiger partial charge in [-0.1, -0.05) is 0 Å². The van der Waals surface area contributed by atoms with Gasteiger partial charge in [-0.2, -0.15) is 4.98 Å². The molecule has 0 atom stereocenters. The molecule has 0 bridgehead atoms. The van der Waals surface area contributed by atoms with E-state index >= 15 is 0 Å². The van der Waals surface area contributed by atoms with Gasteiger partial charge in [0.15, 0.2) is 10.2 Å². The van der Waals surface area contributed by atoms with Crippen molar-refractivity contribution in [3.05, 3.63) is 28.7 Å². The summed E-state index contributed by atoms with van der Waals surface area (Å²) in [6.45, 7) is 0. The zero-order valence-electron chi connectivity index (χ0n) is 8.77. The molecule has 2 aromatic heterocycles. The molecule has 0 fully saturated rings. The summed E-state index contributed by atoms with van der Waals surface area (Å²) in [7, 11) is 1.78. The van der Waals surface area contributed by atoms with Gasteiger partial charge < -0.3 is 10.3 Å². The van der Waals surface area contributed by atoms with Crippen molar-refractivity contribution < 1.29 is 4.92 Å². The van der Waals surface area contributed by atoms with E-state index in [1.807, 2.05) is 0 Å². The van der Waals surface area contributed by atoms with Gasteiger partial charge in [0.25, 0.3) is 0 Å². The van der Waals surface area contributed by atoms with Gasteiger partial charge in [0, 0.05) is 19.4 Å². The first kappa shape index (κ1) is 11.3. The van der Waals surface area contributed by atoms with Gasteiger partial charge in [0.05, 0.1) is 4.92 Å². The van der Waals surface area contributed by atoms with Crippen LogP contribution in [-0.4, -0.2) is 24.4 Å². The standard InChI is InChI=1S/C8H8N6O2S/c1-13-3-2-10-8(13)17-6-5(14(15)16)4-11-7(9)12-6/h2-4H,1H3,(H2,9,11,12). The van der Waals surface area contributed by atoms with Crippen molar-refractivity contribution in [3.8, 4) is 0 Å². The SMILES string of the molecule is Cn1ccnc1Sc1nc(N)ncc1[N+](=O)[O-]. The zero-order valence-corrected chi connectivity index (χ0v) is 9.59. The molecule has 88 valence electrons. The van der Waals surface area contributed by atoms with E-state index in [0.717, 1.165) is 18.0 Å². The van der Waals surface area contributed by atoms with Crippen LogP contribution in [0.25, 0.3) is 0 Å². The lowest BCUT2D eigenvalue weighted by atomic mass is 10.5. The number of nitro groups is 1. The Balaban J connectivity index is 2.41. The Morgan fingerprint density at radius 1 is 1.53 bits per heavy atom. The Morgan fingerprint density at radius 3 is 2.88 bits per heavy atom. The first-order chi connectivity index (χ1) is 8.08. The molecule has 2 N–H and O–H groups in total. The summed E-state index contributed by atoms with van der Waals surface area (Å²) in [4.78, 5) is 21.7. The van der Waals surface area contributed by atoms with Crippen LogP contribution in [0.1, 0.15) is 0 Å². The number of aryl methyl sites for hydroxylation is 1. The van der Waals surface area contributed by atoms with E-state index in [4.69, 9.17) is 5.73 Å². The number of hydrogen-bond acceptors (Lipinski definition) is 7. The van der Waals surface area contributed by atoms with Gasteiger partial charge in [-0.25, -0.2) is 9.97 Å². The van der Waals surface area contributed by atoms with E-state index in [9.17, 15) is 10.1 Å². The third-order valence-electron chi connectivity index (χ3n) is 1.92. The number of nitrogens with two attached hydrogens (primary N) is 1. The Morgan fingerprint density at radius 2 is 2.29 bits per heavy atom. The number of hydrogen-bond donors (Lipinski definition) is 1. The van der Waals surface area contributed by atoms with Gasteiger partial charge in [-0.15, -0.1) is 0 Å². The second-order valence-corrected chi connectivity index (χ2v) is 4.05. The number of anilines is 1. The number of aromatic nitrogens is 4. The summed E-state index contributed by atoms with van der Waals surface area (Å²) in [6, 6.07) is 0. The maximum absolute atomic E-state index is 10.8. The highest BCUT2D eigenvalue weighted by atomic mass is 32.2. The van der Waals surface area contributed by atoms with Crippen LogP contribution < -0.4 is 5.73 Å². The summed E-state index contributed by atoms with van der Waals surface area (Å²) in [5.74, 6) is -0.00712. The third-order valence-corrected chi connectivity index (χ3v) is 2.99. The molecule has 2 aromatic rings. The highest BCUT2D eigenvalue weighted by Crippen LogP contribution is 2.31. The molecule has 0 amide bonds. The van der Waals surface area contributed by atoms with Crippen molar-refractivity contribution in [1.29, 1.82) is 0 Å². The first-order valence-corrected chi connectivity index (χ1v) is 5.31. The van der Waals surface area contributed by atoms with E-state index in [-0.39, 0.29) is 16.7 Å². The quantitative estimate of drug-likeness (QED) is 0.489. The van der Waals surface area contributed by atoms with Gasteiger partial charge in [-0.05, 0) is 11.8 Å².